The van der Waals surface area contributed by atoms with Crippen LogP contribution in [0.5, 0.6) is 0 Å². The summed E-state index contributed by atoms with van der Waals surface area (Å²) in [5.41, 5.74) is 2.83. The maximum absolute atomic E-state index is 12.1. The Labute approximate surface area is 127 Å². The van der Waals surface area contributed by atoms with Crippen LogP contribution in [0, 0.1) is 13.8 Å². The van der Waals surface area contributed by atoms with Crippen LogP contribution in [0.25, 0.3) is 0 Å². The molecular weight excluding hydrogens is 338 g/mol. The van der Waals surface area contributed by atoms with Crippen LogP contribution in [-0.4, -0.2) is 14.6 Å². The molecule has 0 radical (unpaired) electrons. The third kappa shape index (κ3) is 3.55. The van der Waals surface area contributed by atoms with E-state index in [9.17, 15) is 8.42 Å². The molecular formula is C15H14BrNO2S. The van der Waals surface area contributed by atoms with Gasteiger partial charge in [-0.3, -0.25) is 0 Å². The molecule has 0 atom stereocenters. The number of hydrogen-bond donors (Lipinski definition) is 0. The van der Waals surface area contributed by atoms with Crippen molar-refractivity contribution in [3.63, 3.8) is 0 Å². The molecule has 2 aromatic carbocycles. The maximum atomic E-state index is 12.1. The van der Waals surface area contributed by atoms with Crippen molar-refractivity contribution in [3.05, 3.63) is 63.6 Å². The highest BCUT2D eigenvalue weighted by molar-refractivity contribution is 9.10. The van der Waals surface area contributed by atoms with Gasteiger partial charge in [-0.2, -0.15) is 12.8 Å². The highest BCUT2D eigenvalue weighted by Crippen LogP contribution is 2.18. The molecule has 0 N–H and O–H groups in total. The van der Waals surface area contributed by atoms with Crippen molar-refractivity contribution < 1.29 is 8.42 Å². The second kappa shape index (κ2) is 5.89. The Balaban J connectivity index is 2.32. The van der Waals surface area contributed by atoms with Gasteiger partial charge in [-0.05, 0) is 37.6 Å². The quantitative estimate of drug-likeness (QED) is 0.787. The Morgan fingerprint density at radius 2 is 1.60 bits per heavy atom. The van der Waals surface area contributed by atoms with Crippen molar-refractivity contribution in [3.8, 4) is 0 Å². The van der Waals surface area contributed by atoms with Gasteiger partial charge >= 0.3 is 0 Å². The SMILES string of the molecule is Cc1ccc(S(=O)(=O)/N=C/c2ccc(C)cc2Br)cc1. The molecule has 0 aliphatic carbocycles. The number of aryl methyl sites for hydroxylation is 2. The number of hydrogen-bond acceptors (Lipinski definition) is 2. The van der Waals surface area contributed by atoms with E-state index in [0.717, 1.165) is 21.2 Å². The summed E-state index contributed by atoms with van der Waals surface area (Å²) in [6.07, 6.45) is 1.36. The average Bonchev–Trinajstić information content (AvgIpc) is 2.38. The molecule has 2 aromatic rings. The molecule has 0 fully saturated rings. The van der Waals surface area contributed by atoms with Gasteiger partial charge in [0.25, 0.3) is 10.0 Å². The van der Waals surface area contributed by atoms with Gasteiger partial charge in [0.1, 0.15) is 0 Å². The normalized spacial score (nSPS) is 11.9. The monoisotopic (exact) mass is 351 g/mol. The van der Waals surface area contributed by atoms with Crippen molar-refractivity contribution in [2.45, 2.75) is 18.7 Å². The van der Waals surface area contributed by atoms with E-state index < -0.39 is 10.0 Å². The zero-order valence-electron chi connectivity index (χ0n) is 11.2. The Hall–Kier alpha value is -1.46. The molecule has 0 spiro atoms. The van der Waals surface area contributed by atoms with Gasteiger partial charge in [0.2, 0.25) is 0 Å². The Morgan fingerprint density at radius 3 is 2.20 bits per heavy atom. The van der Waals surface area contributed by atoms with Gasteiger partial charge in [0.15, 0.2) is 0 Å². The first-order valence-corrected chi connectivity index (χ1v) is 8.25. The molecule has 0 unspecified atom stereocenters. The summed E-state index contributed by atoms with van der Waals surface area (Å²) in [7, 11) is -3.65. The maximum Gasteiger partial charge on any atom is 0.282 e. The lowest BCUT2D eigenvalue weighted by molar-refractivity contribution is 0.598. The van der Waals surface area contributed by atoms with Crippen LogP contribution in [0.2, 0.25) is 0 Å². The van der Waals surface area contributed by atoms with Crippen molar-refractivity contribution in [1.29, 1.82) is 0 Å². The molecule has 5 heteroatoms. The third-order valence-electron chi connectivity index (χ3n) is 2.81. The summed E-state index contributed by atoms with van der Waals surface area (Å²) in [6.45, 7) is 3.87. The number of rotatable bonds is 3. The molecule has 0 saturated heterocycles. The van der Waals surface area contributed by atoms with Gasteiger partial charge in [-0.25, -0.2) is 0 Å². The number of sulfonamides is 1. The molecule has 0 aliphatic rings. The first-order chi connectivity index (χ1) is 9.38. The Morgan fingerprint density at radius 1 is 1.00 bits per heavy atom. The van der Waals surface area contributed by atoms with Crippen LogP contribution in [0.1, 0.15) is 16.7 Å². The van der Waals surface area contributed by atoms with E-state index in [-0.39, 0.29) is 4.90 Å². The van der Waals surface area contributed by atoms with Crippen LogP contribution in [-0.2, 0) is 10.0 Å². The van der Waals surface area contributed by atoms with Crippen molar-refractivity contribution in [2.75, 3.05) is 0 Å². The molecule has 104 valence electrons. The highest BCUT2D eigenvalue weighted by Gasteiger charge is 2.11. The van der Waals surface area contributed by atoms with Crippen molar-refractivity contribution >= 4 is 32.2 Å². The van der Waals surface area contributed by atoms with Crippen LogP contribution < -0.4 is 0 Å². The fourth-order valence-corrected chi connectivity index (χ4v) is 3.08. The van der Waals surface area contributed by atoms with Gasteiger partial charge < -0.3 is 0 Å². The van der Waals surface area contributed by atoms with E-state index in [0.29, 0.717) is 0 Å². The minimum atomic E-state index is -3.65. The Kier molecular flexibility index (Phi) is 4.40. The lowest BCUT2D eigenvalue weighted by Crippen LogP contribution is -1.98. The Bertz CT molecular complexity index is 750. The van der Waals surface area contributed by atoms with E-state index in [4.69, 9.17) is 0 Å². The summed E-state index contributed by atoms with van der Waals surface area (Å²) in [5, 5.41) is 0. The van der Waals surface area contributed by atoms with Crippen molar-refractivity contribution in [1.82, 2.24) is 0 Å². The van der Waals surface area contributed by atoms with Crippen LogP contribution in [0.15, 0.2) is 56.2 Å². The molecule has 0 heterocycles. The summed E-state index contributed by atoms with van der Waals surface area (Å²) >= 11 is 3.39. The van der Waals surface area contributed by atoms with E-state index in [2.05, 4.69) is 20.3 Å². The minimum Gasteiger partial charge on any atom is -0.199 e. The van der Waals surface area contributed by atoms with Gasteiger partial charge in [-0.15, -0.1) is 0 Å². The predicted molar refractivity (Wildman–Crippen MR) is 84.8 cm³/mol. The summed E-state index contributed by atoms with van der Waals surface area (Å²) in [4.78, 5) is 0.197. The fraction of sp³-hybridized carbons (Fsp3) is 0.133. The van der Waals surface area contributed by atoms with Crippen molar-refractivity contribution in [2.24, 2.45) is 4.40 Å². The molecule has 0 aromatic heterocycles. The third-order valence-corrected chi connectivity index (χ3v) is 4.74. The van der Waals surface area contributed by atoms with Crippen LogP contribution in [0.4, 0.5) is 0 Å². The van der Waals surface area contributed by atoms with E-state index in [1.165, 1.54) is 6.21 Å². The molecule has 3 nitrogen and oxygen atoms in total. The zero-order valence-corrected chi connectivity index (χ0v) is 13.6. The largest absolute Gasteiger partial charge is 0.282 e. The summed E-state index contributed by atoms with van der Waals surface area (Å²) < 4.78 is 28.7. The van der Waals surface area contributed by atoms with E-state index >= 15 is 0 Å². The number of nitrogens with zero attached hydrogens (tertiary/aromatic N) is 1. The number of halogens is 1. The smallest absolute Gasteiger partial charge is 0.199 e. The average molecular weight is 352 g/mol. The molecule has 2 rings (SSSR count). The zero-order chi connectivity index (χ0) is 14.8. The lowest BCUT2D eigenvalue weighted by atomic mass is 10.2. The lowest BCUT2D eigenvalue weighted by Gasteiger charge is -2.01. The summed E-state index contributed by atoms with van der Waals surface area (Å²) in [6, 6.07) is 12.3. The summed E-state index contributed by atoms with van der Waals surface area (Å²) in [5.74, 6) is 0. The second-order valence-electron chi connectivity index (χ2n) is 4.55. The van der Waals surface area contributed by atoms with Crippen LogP contribution in [0.3, 0.4) is 0 Å². The highest BCUT2D eigenvalue weighted by atomic mass is 79.9. The van der Waals surface area contributed by atoms with E-state index in [1.807, 2.05) is 32.0 Å². The van der Waals surface area contributed by atoms with Gasteiger partial charge in [0.05, 0.1) is 4.90 Å². The second-order valence-corrected chi connectivity index (χ2v) is 7.03. The molecule has 0 amide bonds. The fourth-order valence-electron chi connectivity index (χ4n) is 1.63. The standard InChI is InChI=1S/C15H14BrNO2S/c1-11-4-7-14(8-5-11)20(18,19)17-10-13-6-3-12(2)9-15(13)16/h3-10H,1-2H3/b17-10+. The number of benzene rings is 2. The molecule has 0 saturated carbocycles. The van der Waals surface area contributed by atoms with Gasteiger partial charge in [-0.1, -0.05) is 45.8 Å². The van der Waals surface area contributed by atoms with Crippen LogP contribution >= 0.6 is 15.9 Å². The van der Waals surface area contributed by atoms with Gasteiger partial charge in [0, 0.05) is 16.3 Å². The van der Waals surface area contributed by atoms with E-state index in [1.54, 1.807) is 24.3 Å². The molecule has 0 bridgehead atoms. The first kappa shape index (κ1) is 14.9. The predicted octanol–water partition coefficient (Wildman–Crippen LogP) is 3.87. The minimum absolute atomic E-state index is 0.197. The topological polar surface area (TPSA) is 46.5 Å². The first-order valence-electron chi connectivity index (χ1n) is 6.02. The molecule has 0 aliphatic heterocycles. The molecule has 20 heavy (non-hydrogen) atoms.